The third-order valence-electron chi connectivity index (χ3n) is 2.27. The van der Waals surface area contributed by atoms with Crippen LogP contribution in [0.3, 0.4) is 0 Å². The third-order valence-corrected chi connectivity index (χ3v) is 2.27. The molecule has 0 spiro atoms. The van der Waals surface area contributed by atoms with Crippen LogP contribution in [0.25, 0.3) is 0 Å². The first-order chi connectivity index (χ1) is 8.40. The van der Waals surface area contributed by atoms with E-state index in [1.165, 1.54) is 0 Å². The van der Waals surface area contributed by atoms with E-state index in [0.717, 1.165) is 5.56 Å². The lowest BCUT2D eigenvalue weighted by Gasteiger charge is -2.22. The summed E-state index contributed by atoms with van der Waals surface area (Å²) in [6.45, 7) is 5.29. The summed E-state index contributed by atoms with van der Waals surface area (Å²) in [6.07, 6.45) is 0.0776. The Hall–Kier alpha value is -1.20. The molecular weight excluding hydrogens is 262 g/mol. The molecule has 1 rings (SSSR count). The first kappa shape index (κ1) is 17.8. The van der Waals surface area contributed by atoms with Crippen LogP contribution >= 0.6 is 13.5 Å². The minimum Gasteiger partial charge on any atom is -0.444 e. The zero-order chi connectivity index (χ0) is 13.6. The van der Waals surface area contributed by atoms with Gasteiger partial charge in [0.05, 0.1) is 12.6 Å². The van der Waals surface area contributed by atoms with Gasteiger partial charge < -0.3 is 15.2 Å². The summed E-state index contributed by atoms with van der Waals surface area (Å²) < 4.78 is 5.15. The molecule has 0 aliphatic rings. The predicted octanol–water partition coefficient (Wildman–Crippen LogP) is 2.23. The number of aliphatic hydroxyl groups is 1. The number of carbonyl (C=O) groups is 1. The number of aliphatic hydroxyl groups excluding tert-OH is 1. The van der Waals surface area contributed by atoms with Crippen molar-refractivity contribution in [2.45, 2.75) is 38.8 Å². The Bertz CT molecular complexity index is 376. The summed E-state index contributed by atoms with van der Waals surface area (Å²) in [5.74, 6) is 0. The van der Waals surface area contributed by atoms with Crippen LogP contribution in [0.4, 0.5) is 4.79 Å². The summed E-state index contributed by atoms with van der Waals surface area (Å²) in [4.78, 5) is 11.6. The lowest BCUT2D eigenvalue weighted by atomic mass is 10.1. The fraction of sp³-hybridized carbons (Fsp3) is 0.500. The number of benzene rings is 1. The number of hydrogen-bond donors (Lipinski definition) is 2. The van der Waals surface area contributed by atoms with E-state index < -0.39 is 11.7 Å². The molecule has 0 saturated carbocycles. The molecule has 0 aliphatic heterocycles. The van der Waals surface area contributed by atoms with Crippen LogP contribution in [0.5, 0.6) is 0 Å². The quantitative estimate of drug-likeness (QED) is 0.892. The second-order valence-electron chi connectivity index (χ2n) is 5.22. The highest BCUT2D eigenvalue weighted by molar-refractivity contribution is 7.59. The van der Waals surface area contributed by atoms with Gasteiger partial charge in [0, 0.05) is 0 Å². The molecule has 0 bridgehead atoms. The van der Waals surface area contributed by atoms with Crippen molar-refractivity contribution < 1.29 is 14.6 Å². The van der Waals surface area contributed by atoms with E-state index in [-0.39, 0.29) is 26.1 Å². The normalized spacial score (nSPS) is 12.2. The lowest BCUT2D eigenvalue weighted by molar-refractivity contribution is 0.0483. The zero-order valence-corrected chi connectivity index (χ0v) is 12.6. The average Bonchev–Trinajstić information content (AvgIpc) is 2.27. The minimum absolute atomic E-state index is 0. The molecule has 2 N–H and O–H groups in total. The molecule has 0 radical (unpaired) electrons. The van der Waals surface area contributed by atoms with Gasteiger partial charge in [-0.3, -0.25) is 0 Å². The summed E-state index contributed by atoms with van der Waals surface area (Å²) in [5, 5.41) is 11.9. The van der Waals surface area contributed by atoms with Gasteiger partial charge in [0.2, 0.25) is 0 Å². The molecule has 1 amide bonds. The third kappa shape index (κ3) is 7.74. The maximum atomic E-state index is 11.6. The summed E-state index contributed by atoms with van der Waals surface area (Å²) in [6, 6.07) is 9.37. The highest BCUT2D eigenvalue weighted by atomic mass is 32.1. The molecule has 5 heteroatoms. The molecule has 0 saturated heterocycles. The zero-order valence-electron chi connectivity index (χ0n) is 11.6. The second kappa shape index (κ2) is 8.07. The summed E-state index contributed by atoms with van der Waals surface area (Å²) in [5.41, 5.74) is 0.532. The van der Waals surface area contributed by atoms with Crippen molar-refractivity contribution in [2.24, 2.45) is 0 Å². The molecule has 1 aromatic carbocycles. The fourth-order valence-electron chi connectivity index (χ4n) is 1.53. The Morgan fingerprint density at radius 2 is 1.89 bits per heavy atom. The first-order valence-electron chi connectivity index (χ1n) is 6.05. The van der Waals surface area contributed by atoms with Gasteiger partial charge in [0.15, 0.2) is 0 Å². The fourth-order valence-corrected chi connectivity index (χ4v) is 1.53. The monoisotopic (exact) mass is 285 g/mol. The van der Waals surface area contributed by atoms with Crippen molar-refractivity contribution in [3.8, 4) is 0 Å². The highest BCUT2D eigenvalue weighted by Gasteiger charge is 2.19. The SMILES string of the molecule is CC(C)(C)OC(=O)N[C@H](CO)Cc1ccccc1.S. The molecule has 0 aromatic heterocycles. The number of amides is 1. The van der Waals surface area contributed by atoms with Crippen molar-refractivity contribution in [2.75, 3.05) is 6.61 Å². The molecule has 0 heterocycles. The number of hydrogen-bond acceptors (Lipinski definition) is 3. The highest BCUT2D eigenvalue weighted by Crippen LogP contribution is 2.08. The van der Waals surface area contributed by atoms with Gasteiger partial charge in [0.25, 0.3) is 0 Å². The average molecular weight is 285 g/mol. The molecule has 4 nitrogen and oxygen atoms in total. The van der Waals surface area contributed by atoms with E-state index in [1.807, 2.05) is 30.3 Å². The molecule has 1 atom stereocenters. The molecule has 108 valence electrons. The molecule has 0 fully saturated rings. The van der Waals surface area contributed by atoms with Gasteiger partial charge in [-0.1, -0.05) is 30.3 Å². The lowest BCUT2D eigenvalue weighted by Crippen LogP contribution is -2.42. The van der Waals surface area contributed by atoms with Gasteiger partial charge in [-0.05, 0) is 32.8 Å². The molecule has 0 aliphatic carbocycles. The number of alkyl carbamates (subject to hydrolysis) is 1. The van der Waals surface area contributed by atoms with Crippen LogP contribution in [0.2, 0.25) is 0 Å². The van der Waals surface area contributed by atoms with Crippen LogP contribution in [-0.4, -0.2) is 29.4 Å². The molecular formula is C14H23NO3S. The second-order valence-corrected chi connectivity index (χ2v) is 5.22. The standard InChI is InChI=1S/C14H21NO3.H2S/c1-14(2,3)18-13(17)15-12(10-16)9-11-7-5-4-6-8-11;/h4-8,12,16H,9-10H2,1-3H3,(H,15,17);1H2/t12-;/m0./s1. The molecule has 19 heavy (non-hydrogen) atoms. The van der Waals surface area contributed by atoms with Crippen LogP contribution in [0, 0.1) is 0 Å². The van der Waals surface area contributed by atoms with E-state index in [0.29, 0.717) is 6.42 Å². The summed E-state index contributed by atoms with van der Waals surface area (Å²) >= 11 is 0. The largest absolute Gasteiger partial charge is 0.444 e. The van der Waals surface area contributed by atoms with E-state index in [2.05, 4.69) is 5.32 Å². The van der Waals surface area contributed by atoms with Crippen LogP contribution in [0.1, 0.15) is 26.3 Å². The number of ether oxygens (including phenoxy) is 1. The van der Waals surface area contributed by atoms with Crippen molar-refractivity contribution in [1.82, 2.24) is 5.32 Å². The number of rotatable bonds is 4. The summed E-state index contributed by atoms with van der Waals surface area (Å²) in [7, 11) is 0. The Kier molecular flexibility index (Phi) is 7.56. The van der Waals surface area contributed by atoms with E-state index >= 15 is 0 Å². The Morgan fingerprint density at radius 1 is 1.32 bits per heavy atom. The van der Waals surface area contributed by atoms with Gasteiger partial charge in [-0.15, -0.1) is 0 Å². The minimum atomic E-state index is -0.531. The van der Waals surface area contributed by atoms with E-state index in [9.17, 15) is 9.90 Å². The smallest absolute Gasteiger partial charge is 0.407 e. The van der Waals surface area contributed by atoms with Gasteiger partial charge in [-0.2, -0.15) is 13.5 Å². The van der Waals surface area contributed by atoms with Gasteiger partial charge >= 0.3 is 6.09 Å². The van der Waals surface area contributed by atoms with Crippen molar-refractivity contribution in [3.05, 3.63) is 35.9 Å². The Balaban J connectivity index is 0.00000324. The maximum Gasteiger partial charge on any atom is 0.407 e. The molecule has 1 aromatic rings. The van der Waals surface area contributed by atoms with Crippen molar-refractivity contribution in [3.63, 3.8) is 0 Å². The first-order valence-corrected chi connectivity index (χ1v) is 6.05. The van der Waals surface area contributed by atoms with Crippen LogP contribution in [0.15, 0.2) is 30.3 Å². The Morgan fingerprint density at radius 3 is 2.37 bits per heavy atom. The van der Waals surface area contributed by atoms with E-state index in [1.54, 1.807) is 20.8 Å². The number of carbonyl (C=O) groups excluding carboxylic acids is 1. The maximum absolute atomic E-state index is 11.6. The Labute approximate surface area is 121 Å². The molecule has 0 unspecified atom stereocenters. The number of nitrogens with one attached hydrogen (secondary N) is 1. The van der Waals surface area contributed by atoms with Gasteiger partial charge in [0.1, 0.15) is 5.60 Å². The predicted molar refractivity (Wildman–Crippen MR) is 80.8 cm³/mol. The van der Waals surface area contributed by atoms with Crippen LogP contribution in [-0.2, 0) is 11.2 Å². The van der Waals surface area contributed by atoms with Gasteiger partial charge in [-0.25, -0.2) is 4.79 Å². The van der Waals surface area contributed by atoms with Crippen LogP contribution < -0.4 is 5.32 Å². The van der Waals surface area contributed by atoms with Crippen molar-refractivity contribution in [1.29, 1.82) is 0 Å². The van der Waals surface area contributed by atoms with Crippen molar-refractivity contribution >= 4 is 19.6 Å². The van der Waals surface area contributed by atoms with E-state index in [4.69, 9.17) is 4.74 Å². The topological polar surface area (TPSA) is 58.6 Å².